The van der Waals surface area contributed by atoms with E-state index in [9.17, 15) is 0 Å². The molecule has 0 bridgehead atoms. The number of hydrogen-bond donors (Lipinski definition) is 0. The van der Waals surface area contributed by atoms with E-state index in [4.69, 9.17) is 9.47 Å². The molecule has 2 fully saturated rings. The molecule has 2 nitrogen and oxygen atoms in total. The molecule has 1 heterocycles. The van der Waals surface area contributed by atoms with Crippen molar-refractivity contribution in [3.63, 3.8) is 0 Å². The van der Waals surface area contributed by atoms with Gasteiger partial charge in [0.2, 0.25) is 0 Å². The number of ether oxygens (including phenoxy) is 2. The van der Waals surface area contributed by atoms with Gasteiger partial charge in [0, 0.05) is 11.5 Å². The maximum absolute atomic E-state index is 5.99. The molecule has 1 saturated carbocycles. The third-order valence-electron chi connectivity index (χ3n) is 6.88. The second-order valence-corrected chi connectivity index (χ2v) is 9.02. The maximum Gasteiger partial charge on any atom is 0.183 e. The van der Waals surface area contributed by atoms with Gasteiger partial charge < -0.3 is 9.47 Å². The van der Waals surface area contributed by atoms with E-state index in [1.807, 2.05) is 0 Å². The molecule has 1 aromatic carbocycles. The van der Waals surface area contributed by atoms with Crippen LogP contribution in [-0.2, 0) is 9.47 Å². The van der Waals surface area contributed by atoms with Crippen LogP contribution in [0.4, 0.5) is 0 Å². The average Bonchev–Trinajstić information content (AvgIpc) is 2.74. The SMILES string of the molecule is C=CCC(c1ccc(C2OCC(CCC)CO2)cc1)C1CCC(CCC)CC1. The minimum absolute atomic E-state index is 0.190. The first kappa shape index (κ1) is 21.6. The highest BCUT2D eigenvalue weighted by Crippen LogP contribution is 2.41. The molecule has 1 aromatic rings. The van der Waals surface area contributed by atoms with Crippen LogP contribution >= 0.6 is 0 Å². The smallest absolute Gasteiger partial charge is 0.183 e. The quantitative estimate of drug-likeness (QED) is 0.412. The molecule has 0 aromatic heterocycles. The molecule has 0 spiro atoms. The monoisotopic (exact) mass is 384 g/mol. The molecule has 0 radical (unpaired) electrons. The molecule has 2 heteroatoms. The lowest BCUT2D eigenvalue weighted by Gasteiger charge is -2.34. The Morgan fingerprint density at radius 3 is 2.11 bits per heavy atom. The second kappa shape index (κ2) is 11.2. The summed E-state index contributed by atoms with van der Waals surface area (Å²) in [6.07, 6.45) is 13.7. The highest BCUT2D eigenvalue weighted by molar-refractivity contribution is 5.27. The Labute approximate surface area is 172 Å². The highest BCUT2D eigenvalue weighted by atomic mass is 16.7. The van der Waals surface area contributed by atoms with Gasteiger partial charge in [0.15, 0.2) is 6.29 Å². The fourth-order valence-electron chi connectivity index (χ4n) is 5.28. The topological polar surface area (TPSA) is 18.5 Å². The van der Waals surface area contributed by atoms with Crippen LogP contribution in [0, 0.1) is 17.8 Å². The Bertz CT molecular complexity index is 563. The average molecular weight is 385 g/mol. The van der Waals surface area contributed by atoms with Crippen molar-refractivity contribution in [3.05, 3.63) is 48.0 Å². The first-order chi connectivity index (χ1) is 13.7. The van der Waals surface area contributed by atoms with Gasteiger partial charge in [-0.1, -0.05) is 76.3 Å². The zero-order valence-corrected chi connectivity index (χ0v) is 18.1. The predicted octanol–water partition coefficient (Wildman–Crippen LogP) is 7.41. The molecule has 0 amide bonds. The largest absolute Gasteiger partial charge is 0.348 e. The van der Waals surface area contributed by atoms with E-state index < -0.39 is 0 Å². The molecular weight excluding hydrogens is 344 g/mol. The molecular formula is C26H40O2. The molecule has 3 rings (SSSR count). The van der Waals surface area contributed by atoms with Crippen molar-refractivity contribution in [3.8, 4) is 0 Å². The van der Waals surface area contributed by atoms with Gasteiger partial charge in [0.25, 0.3) is 0 Å². The summed E-state index contributed by atoms with van der Waals surface area (Å²) in [5, 5.41) is 0. The minimum atomic E-state index is -0.190. The summed E-state index contributed by atoms with van der Waals surface area (Å²) >= 11 is 0. The van der Waals surface area contributed by atoms with Crippen molar-refractivity contribution in [1.82, 2.24) is 0 Å². The Hall–Kier alpha value is -1.12. The van der Waals surface area contributed by atoms with Gasteiger partial charge in [-0.15, -0.1) is 6.58 Å². The van der Waals surface area contributed by atoms with Crippen LogP contribution in [0.25, 0.3) is 0 Å². The van der Waals surface area contributed by atoms with E-state index in [1.54, 1.807) is 0 Å². The van der Waals surface area contributed by atoms with Crippen LogP contribution in [0.5, 0.6) is 0 Å². The van der Waals surface area contributed by atoms with E-state index in [1.165, 1.54) is 56.9 Å². The predicted molar refractivity (Wildman–Crippen MR) is 117 cm³/mol. The second-order valence-electron chi connectivity index (χ2n) is 9.02. The van der Waals surface area contributed by atoms with Crippen LogP contribution in [0.1, 0.15) is 95.0 Å². The van der Waals surface area contributed by atoms with Gasteiger partial charge in [-0.3, -0.25) is 0 Å². The summed E-state index contributed by atoms with van der Waals surface area (Å²) in [6.45, 7) is 10.2. The lowest BCUT2D eigenvalue weighted by atomic mass is 9.71. The van der Waals surface area contributed by atoms with Gasteiger partial charge >= 0.3 is 0 Å². The maximum atomic E-state index is 5.99. The third kappa shape index (κ3) is 5.70. The lowest BCUT2D eigenvalue weighted by molar-refractivity contribution is -0.206. The molecule has 1 saturated heterocycles. The molecule has 1 atom stereocenters. The Kier molecular flexibility index (Phi) is 8.61. The van der Waals surface area contributed by atoms with Gasteiger partial charge in [-0.25, -0.2) is 0 Å². The van der Waals surface area contributed by atoms with Crippen molar-refractivity contribution in [2.45, 2.75) is 83.8 Å². The summed E-state index contributed by atoms with van der Waals surface area (Å²) in [5.41, 5.74) is 2.62. The Morgan fingerprint density at radius 1 is 0.929 bits per heavy atom. The van der Waals surface area contributed by atoms with Crippen LogP contribution < -0.4 is 0 Å². The molecule has 156 valence electrons. The number of rotatable bonds is 9. The molecule has 2 aliphatic rings. The minimum Gasteiger partial charge on any atom is -0.348 e. The van der Waals surface area contributed by atoms with Crippen molar-refractivity contribution < 1.29 is 9.47 Å². The fraction of sp³-hybridized carbons (Fsp3) is 0.692. The molecule has 1 unspecified atom stereocenters. The lowest BCUT2D eigenvalue weighted by Crippen LogP contribution is -2.27. The summed E-state index contributed by atoms with van der Waals surface area (Å²) in [5.74, 6) is 2.93. The van der Waals surface area contributed by atoms with E-state index in [0.29, 0.717) is 11.8 Å². The van der Waals surface area contributed by atoms with Crippen LogP contribution in [0.3, 0.4) is 0 Å². The van der Waals surface area contributed by atoms with Crippen LogP contribution in [-0.4, -0.2) is 13.2 Å². The molecule has 1 aliphatic heterocycles. The van der Waals surface area contributed by atoms with Crippen LogP contribution in [0.15, 0.2) is 36.9 Å². The van der Waals surface area contributed by atoms with E-state index in [-0.39, 0.29) is 6.29 Å². The zero-order valence-electron chi connectivity index (χ0n) is 18.1. The van der Waals surface area contributed by atoms with Crippen LogP contribution in [0.2, 0.25) is 0 Å². The Balaban J connectivity index is 1.59. The number of benzene rings is 1. The third-order valence-corrected chi connectivity index (χ3v) is 6.88. The van der Waals surface area contributed by atoms with Gasteiger partial charge in [-0.05, 0) is 49.0 Å². The van der Waals surface area contributed by atoms with Crippen molar-refractivity contribution >= 4 is 0 Å². The van der Waals surface area contributed by atoms with Gasteiger partial charge in [0.05, 0.1) is 13.2 Å². The zero-order chi connectivity index (χ0) is 19.8. The van der Waals surface area contributed by atoms with E-state index in [0.717, 1.165) is 37.0 Å². The van der Waals surface area contributed by atoms with E-state index in [2.05, 4.69) is 50.8 Å². The van der Waals surface area contributed by atoms with Crippen molar-refractivity contribution in [2.75, 3.05) is 13.2 Å². The normalized spacial score (nSPS) is 29.4. The number of allylic oxidation sites excluding steroid dienone is 1. The van der Waals surface area contributed by atoms with Gasteiger partial charge in [0.1, 0.15) is 0 Å². The number of hydrogen-bond acceptors (Lipinski definition) is 2. The summed E-state index contributed by atoms with van der Waals surface area (Å²) in [4.78, 5) is 0. The summed E-state index contributed by atoms with van der Waals surface area (Å²) < 4.78 is 12.0. The standard InChI is InChI=1S/C26H40O2/c1-4-7-20-10-12-22(13-11-20)25(9-6-3)23-14-16-24(17-15-23)26-27-18-21(8-5-2)19-28-26/h6,14-17,20-22,25-26H,3-5,7-13,18-19H2,1-2H3. The first-order valence-corrected chi connectivity index (χ1v) is 11.7. The summed E-state index contributed by atoms with van der Waals surface area (Å²) in [7, 11) is 0. The molecule has 1 aliphatic carbocycles. The highest BCUT2D eigenvalue weighted by Gasteiger charge is 2.28. The van der Waals surface area contributed by atoms with Gasteiger partial charge in [-0.2, -0.15) is 0 Å². The fourth-order valence-corrected chi connectivity index (χ4v) is 5.28. The first-order valence-electron chi connectivity index (χ1n) is 11.7. The molecule has 0 N–H and O–H groups in total. The Morgan fingerprint density at radius 2 is 1.54 bits per heavy atom. The summed E-state index contributed by atoms with van der Waals surface area (Å²) in [6, 6.07) is 9.07. The van der Waals surface area contributed by atoms with Crippen molar-refractivity contribution in [2.24, 2.45) is 17.8 Å². The van der Waals surface area contributed by atoms with Crippen molar-refractivity contribution in [1.29, 1.82) is 0 Å². The molecule has 28 heavy (non-hydrogen) atoms. The van der Waals surface area contributed by atoms with E-state index >= 15 is 0 Å².